The fraction of sp³-hybridized carbons (Fsp3) is 0.421. The Labute approximate surface area is 178 Å². The Morgan fingerprint density at radius 3 is 2.69 bits per heavy atom. The topological polar surface area (TPSA) is 87.9 Å². The maximum absolute atomic E-state index is 12.4. The van der Waals surface area contributed by atoms with Gasteiger partial charge in [0.2, 0.25) is 11.8 Å². The number of anilines is 1. The minimum Gasteiger partial charge on any atom is -0.491 e. The molecule has 1 fully saturated rings. The van der Waals surface area contributed by atoms with Crippen molar-refractivity contribution in [2.75, 3.05) is 44.6 Å². The van der Waals surface area contributed by atoms with Crippen molar-refractivity contribution in [3.63, 3.8) is 0 Å². The van der Waals surface area contributed by atoms with E-state index in [2.05, 4.69) is 10.5 Å². The van der Waals surface area contributed by atoms with Crippen LogP contribution in [0.3, 0.4) is 0 Å². The van der Waals surface area contributed by atoms with Crippen LogP contribution in [0.5, 0.6) is 5.75 Å². The zero-order chi connectivity index (χ0) is 20.8. The predicted octanol–water partition coefficient (Wildman–Crippen LogP) is 2.84. The molecule has 8 nitrogen and oxygen atoms in total. The van der Waals surface area contributed by atoms with E-state index in [1.54, 1.807) is 36.1 Å². The number of carbonyl (C=O) groups is 2. The van der Waals surface area contributed by atoms with E-state index in [0.717, 1.165) is 0 Å². The minimum absolute atomic E-state index is 0.00493. The van der Waals surface area contributed by atoms with Gasteiger partial charge in [0.15, 0.2) is 5.82 Å². The first-order valence-electron chi connectivity index (χ1n) is 9.22. The van der Waals surface area contributed by atoms with Gasteiger partial charge < -0.3 is 19.5 Å². The van der Waals surface area contributed by atoms with Crippen LogP contribution in [0, 0.1) is 6.92 Å². The third-order valence-electron chi connectivity index (χ3n) is 4.48. The molecule has 1 aromatic heterocycles. The molecule has 10 heteroatoms. The van der Waals surface area contributed by atoms with Crippen LogP contribution in [0.25, 0.3) is 0 Å². The molecule has 2 amide bonds. The zero-order valence-corrected chi connectivity index (χ0v) is 17.5. The second-order valence-corrected chi connectivity index (χ2v) is 7.46. The van der Waals surface area contributed by atoms with Crippen LogP contribution in [0.4, 0.5) is 5.82 Å². The van der Waals surface area contributed by atoms with E-state index in [-0.39, 0.29) is 31.4 Å². The Morgan fingerprint density at radius 1 is 1.24 bits per heavy atom. The molecule has 156 valence electrons. The van der Waals surface area contributed by atoms with Gasteiger partial charge in [0, 0.05) is 32.2 Å². The molecule has 1 aliphatic heterocycles. The third-order valence-corrected chi connectivity index (χ3v) is 5.28. The van der Waals surface area contributed by atoms with Crippen molar-refractivity contribution in [2.24, 2.45) is 0 Å². The summed E-state index contributed by atoms with van der Waals surface area (Å²) in [5.41, 5.74) is 0. The van der Waals surface area contributed by atoms with E-state index in [4.69, 9.17) is 32.5 Å². The van der Waals surface area contributed by atoms with Crippen molar-refractivity contribution in [3.8, 4) is 5.75 Å². The van der Waals surface area contributed by atoms with E-state index < -0.39 is 0 Å². The van der Waals surface area contributed by atoms with Gasteiger partial charge in [-0.05, 0) is 19.1 Å². The second-order valence-electron chi connectivity index (χ2n) is 6.68. The molecule has 0 aliphatic carbocycles. The summed E-state index contributed by atoms with van der Waals surface area (Å²) in [7, 11) is 0. The summed E-state index contributed by atoms with van der Waals surface area (Å²) in [6, 6.07) is 6.79. The Balaban J connectivity index is 1.36. The van der Waals surface area contributed by atoms with Crippen LogP contribution < -0.4 is 10.1 Å². The Morgan fingerprint density at radius 2 is 2.00 bits per heavy atom. The van der Waals surface area contributed by atoms with Crippen LogP contribution in [0.15, 0.2) is 28.8 Å². The van der Waals surface area contributed by atoms with E-state index >= 15 is 0 Å². The van der Waals surface area contributed by atoms with Crippen molar-refractivity contribution in [1.29, 1.82) is 0 Å². The Hall–Kier alpha value is -2.29. The summed E-state index contributed by atoms with van der Waals surface area (Å²) in [5, 5.41) is 7.19. The van der Waals surface area contributed by atoms with Gasteiger partial charge >= 0.3 is 0 Å². The maximum Gasteiger partial charge on any atom is 0.239 e. The highest BCUT2D eigenvalue weighted by Crippen LogP contribution is 2.31. The average Bonchev–Trinajstić information content (AvgIpc) is 3.10. The van der Waals surface area contributed by atoms with Crippen LogP contribution >= 0.6 is 23.2 Å². The first-order chi connectivity index (χ1) is 13.9. The number of benzene rings is 1. The van der Waals surface area contributed by atoms with Gasteiger partial charge in [-0.3, -0.25) is 14.5 Å². The highest BCUT2D eigenvalue weighted by Gasteiger charge is 2.22. The van der Waals surface area contributed by atoms with Gasteiger partial charge in [-0.2, -0.15) is 0 Å². The number of carbonyl (C=O) groups excluding carboxylic acids is 2. The molecule has 1 aromatic carbocycles. The standard InChI is InChI=1S/C19H22Cl2N4O4/c1-13-11-16(23-29-13)22-17(26)12-24-6-8-25(9-7-24)18(27)5-10-28-15-4-2-3-14(20)19(15)21/h2-4,11H,5-10,12H2,1H3,(H,22,23,26). The largest absolute Gasteiger partial charge is 0.491 e. The molecule has 0 bridgehead atoms. The van der Waals surface area contributed by atoms with Crippen LogP contribution in [-0.4, -0.2) is 66.1 Å². The number of aromatic nitrogens is 1. The number of rotatable bonds is 7. The molecule has 0 unspecified atom stereocenters. The van der Waals surface area contributed by atoms with Crippen LogP contribution in [0.2, 0.25) is 10.0 Å². The van der Waals surface area contributed by atoms with E-state index in [0.29, 0.717) is 53.6 Å². The third kappa shape index (κ3) is 6.09. The van der Waals surface area contributed by atoms with Crippen molar-refractivity contribution >= 4 is 40.8 Å². The number of piperazine rings is 1. The van der Waals surface area contributed by atoms with E-state index in [1.165, 1.54) is 0 Å². The smallest absolute Gasteiger partial charge is 0.239 e. The van der Waals surface area contributed by atoms with Gasteiger partial charge in [0.1, 0.15) is 16.5 Å². The Kier molecular flexibility index (Phi) is 7.35. The van der Waals surface area contributed by atoms with Gasteiger partial charge in [-0.25, -0.2) is 0 Å². The van der Waals surface area contributed by atoms with Gasteiger partial charge in [0.05, 0.1) is 24.6 Å². The lowest BCUT2D eigenvalue weighted by molar-refractivity contribution is -0.133. The molecule has 3 rings (SSSR count). The first kappa shape index (κ1) is 21.4. The molecule has 29 heavy (non-hydrogen) atoms. The van der Waals surface area contributed by atoms with E-state index in [1.807, 2.05) is 4.90 Å². The van der Waals surface area contributed by atoms with Crippen molar-refractivity contribution in [1.82, 2.24) is 15.0 Å². The van der Waals surface area contributed by atoms with Crippen molar-refractivity contribution in [3.05, 3.63) is 40.1 Å². The molecular formula is C19H22Cl2N4O4. The predicted molar refractivity (Wildman–Crippen MR) is 109 cm³/mol. The normalized spacial score (nSPS) is 14.7. The quantitative estimate of drug-likeness (QED) is 0.711. The fourth-order valence-electron chi connectivity index (χ4n) is 2.97. The number of nitrogens with zero attached hydrogens (tertiary/aromatic N) is 3. The summed E-state index contributed by atoms with van der Waals surface area (Å²) in [6.45, 7) is 4.59. The molecular weight excluding hydrogens is 419 g/mol. The lowest BCUT2D eigenvalue weighted by Gasteiger charge is -2.34. The van der Waals surface area contributed by atoms with Crippen LogP contribution in [-0.2, 0) is 9.59 Å². The van der Waals surface area contributed by atoms with Crippen molar-refractivity contribution < 1.29 is 18.8 Å². The second kappa shape index (κ2) is 9.96. The average molecular weight is 441 g/mol. The molecule has 2 heterocycles. The molecule has 0 saturated carbocycles. The van der Waals surface area contributed by atoms with Crippen LogP contribution in [0.1, 0.15) is 12.2 Å². The summed E-state index contributed by atoms with van der Waals surface area (Å²) in [6.07, 6.45) is 0.245. The number of hydrogen-bond acceptors (Lipinski definition) is 6. The summed E-state index contributed by atoms with van der Waals surface area (Å²) < 4.78 is 10.5. The Bertz CT molecular complexity index is 866. The summed E-state index contributed by atoms with van der Waals surface area (Å²) in [4.78, 5) is 28.2. The molecule has 2 aromatic rings. The summed E-state index contributed by atoms with van der Waals surface area (Å²) in [5.74, 6) is 1.34. The lowest BCUT2D eigenvalue weighted by atomic mass is 10.2. The molecule has 0 radical (unpaired) electrons. The number of hydrogen-bond donors (Lipinski definition) is 1. The number of aryl methyl sites for hydroxylation is 1. The lowest BCUT2D eigenvalue weighted by Crippen LogP contribution is -2.50. The number of nitrogens with one attached hydrogen (secondary N) is 1. The highest BCUT2D eigenvalue weighted by molar-refractivity contribution is 6.42. The monoisotopic (exact) mass is 440 g/mol. The molecule has 1 N–H and O–H groups in total. The number of halogens is 2. The fourth-order valence-corrected chi connectivity index (χ4v) is 3.31. The molecule has 0 atom stereocenters. The number of amides is 2. The first-order valence-corrected chi connectivity index (χ1v) is 9.98. The van der Waals surface area contributed by atoms with Gasteiger partial charge in [-0.1, -0.05) is 34.4 Å². The minimum atomic E-state index is -0.162. The SMILES string of the molecule is Cc1cc(NC(=O)CN2CCN(C(=O)CCOc3cccc(Cl)c3Cl)CC2)no1. The van der Waals surface area contributed by atoms with E-state index in [9.17, 15) is 9.59 Å². The summed E-state index contributed by atoms with van der Waals surface area (Å²) >= 11 is 12.0. The maximum atomic E-state index is 12.4. The highest BCUT2D eigenvalue weighted by atomic mass is 35.5. The zero-order valence-electron chi connectivity index (χ0n) is 16.0. The van der Waals surface area contributed by atoms with Gasteiger partial charge in [-0.15, -0.1) is 0 Å². The number of ether oxygens (including phenoxy) is 1. The van der Waals surface area contributed by atoms with Gasteiger partial charge in [0.25, 0.3) is 0 Å². The molecule has 1 saturated heterocycles. The van der Waals surface area contributed by atoms with Crippen molar-refractivity contribution in [2.45, 2.75) is 13.3 Å². The molecule has 0 spiro atoms. The molecule has 1 aliphatic rings.